The van der Waals surface area contributed by atoms with Crippen molar-refractivity contribution in [3.63, 3.8) is 0 Å². The zero-order valence-corrected chi connectivity index (χ0v) is 14.2. The third kappa shape index (κ3) is 3.86. The fourth-order valence-electron chi connectivity index (χ4n) is 2.97. The second-order valence-electron chi connectivity index (χ2n) is 5.68. The minimum absolute atomic E-state index is 0.0261. The Morgan fingerprint density at radius 1 is 1.41 bits per heavy atom. The summed E-state index contributed by atoms with van der Waals surface area (Å²) in [6.45, 7) is 6.13. The predicted molar refractivity (Wildman–Crippen MR) is 88.7 cm³/mol. The maximum atomic E-state index is 11.8. The lowest BCUT2D eigenvalue weighted by atomic mass is 9.85. The highest BCUT2D eigenvalue weighted by Gasteiger charge is 2.29. The fraction of sp³-hybridized carbons (Fsp3) is 0.588. The summed E-state index contributed by atoms with van der Waals surface area (Å²) in [4.78, 5) is 14.2. The van der Waals surface area contributed by atoms with Crippen LogP contribution in [0.5, 0.6) is 5.75 Å². The van der Waals surface area contributed by atoms with Gasteiger partial charge < -0.3 is 14.4 Å². The van der Waals surface area contributed by atoms with Crippen LogP contribution in [0.25, 0.3) is 0 Å². The summed E-state index contributed by atoms with van der Waals surface area (Å²) < 4.78 is 10.4. The summed E-state index contributed by atoms with van der Waals surface area (Å²) >= 11 is 6.07. The van der Waals surface area contributed by atoms with E-state index in [-0.39, 0.29) is 11.9 Å². The van der Waals surface area contributed by atoms with Gasteiger partial charge in [0, 0.05) is 24.8 Å². The topological polar surface area (TPSA) is 38.8 Å². The number of halogens is 1. The smallest absolute Gasteiger partial charge is 0.308 e. The van der Waals surface area contributed by atoms with Gasteiger partial charge >= 0.3 is 5.97 Å². The third-order valence-corrected chi connectivity index (χ3v) is 4.72. The van der Waals surface area contributed by atoms with E-state index in [1.807, 2.05) is 32.0 Å². The average Bonchev–Trinajstić information content (AvgIpc) is 2.55. The molecule has 4 nitrogen and oxygen atoms in total. The number of ether oxygens (including phenoxy) is 2. The molecule has 0 aromatic heterocycles. The van der Waals surface area contributed by atoms with Gasteiger partial charge in [-0.25, -0.2) is 0 Å². The Bertz CT molecular complexity index is 513. The molecule has 22 heavy (non-hydrogen) atoms. The minimum atomic E-state index is -0.0749. The molecule has 1 aliphatic heterocycles. The van der Waals surface area contributed by atoms with Gasteiger partial charge in [-0.05, 0) is 37.8 Å². The van der Waals surface area contributed by atoms with Gasteiger partial charge in [0.25, 0.3) is 0 Å². The second-order valence-corrected chi connectivity index (χ2v) is 6.09. The van der Waals surface area contributed by atoms with Gasteiger partial charge in [-0.1, -0.05) is 18.5 Å². The molecule has 122 valence electrons. The van der Waals surface area contributed by atoms with E-state index in [1.165, 1.54) is 0 Å². The maximum absolute atomic E-state index is 11.8. The van der Waals surface area contributed by atoms with Crippen LogP contribution in [-0.4, -0.2) is 32.8 Å². The number of carbonyl (C=O) groups excluding carboxylic acids is 1. The van der Waals surface area contributed by atoms with E-state index in [1.54, 1.807) is 7.11 Å². The second kappa shape index (κ2) is 7.73. The van der Waals surface area contributed by atoms with Crippen LogP contribution in [0.1, 0.15) is 26.7 Å². The number of anilines is 1. The number of rotatable bonds is 5. The van der Waals surface area contributed by atoms with E-state index in [0.29, 0.717) is 23.3 Å². The zero-order chi connectivity index (χ0) is 16.1. The molecule has 0 spiro atoms. The molecule has 1 aliphatic rings. The normalized spacial score (nSPS) is 17.2. The first-order valence-electron chi connectivity index (χ1n) is 7.82. The van der Waals surface area contributed by atoms with Crippen LogP contribution in [0, 0.1) is 11.8 Å². The van der Waals surface area contributed by atoms with E-state index >= 15 is 0 Å². The molecular formula is C17H24ClNO3. The van der Waals surface area contributed by atoms with Gasteiger partial charge in [0.2, 0.25) is 0 Å². The molecule has 0 amide bonds. The number of methoxy groups -OCH3 is 1. The number of carbonyl (C=O) groups is 1. The highest BCUT2D eigenvalue weighted by Crippen LogP contribution is 2.33. The maximum Gasteiger partial charge on any atom is 0.308 e. The number of benzene rings is 1. The van der Waals surface area contributed by atoms with Crippen LogP contribution in [0.15, 0.2) is 18.2 Å². The number of nitrogens with zero attached hydrogens (tertiary/aromatic N) is 1. The van der Waals surface area contributed by atoms with Crippen molar-refractivity contribution in [2.24, 2.45) is 11.8 Å². The molecule has 0 aliphatic carbocycles. The van der Waals surface area contributed by atoms with Crippen LogP contribution < -0.4 is 9.64 Å². The van der Waals surface area contributed by atoms with Gasteiger partial charge in [0.1, 0.15) is 5.75 Å². The molecule has 2 rings (SSSR count). The van der Waals surface area contributed by atoms with Crippen LogP contribution in [0.4, 0.5) is 5.69 Å². The summed E-state index contributed by atoms with van der Waals surface area (Å²) in [5.41, 5.74) is 1.11. The molecule has 1 heterocycles. The van der Waals surface area contributed by atoms with Crippen molar-refractivity contribution in [1.29, 1.82) is 0 Å². The number of piperidine rings is 1. The van der Waals surface area contributed by atoms with Gasteiger partial charge in [0.15, 0.2) is 0 Å². The first kappa shape index (κ1) is 16.9. The van der Waals surface area contributed by atoms with E-state index in [2.05, 4.69) is 4.90 Å². The Kier molecular flexibility index (Phi) is 5.95. The zero-order valence-electron chi connectivity index (χ0n) is 13.5. The Labute approximate surface area is 137 Å². The van der Waals surface area contributed by atoms with Crippen LogP contribution in [0.2, 0.25) is 5.02 Å². The standard InChI is InChI=1S/C17H24ClNO3/c1-4-22-17(20)12(2)13-7-9-19(10-8-13)14-5-6-15(18)16(11-14)21-3/h5-6,11-13H,4,7-10H2,1-3H3. The van der Waals surface area contributed by atoms with Gasteiger partial charge in [-0.3, -0.25) is 4.79 Å². The first-order chi connectivity index (χ1) is 10.6. The largest absolute Gasteiger partial charge is 0.495 e. The summed E-state index contributed by atoms with van der Waals surface area (Å²) in [5, 5.41) is 0.622. The van der Waals surface area contributed by atoms with Crippen LogP contribution in [-0.2, 0) is 9.53 Å². The molecule has 1 fully saturated rings. The van der Waals surface area contributed by atoms with E-state index < -0.39 is 0 Å². The molecule has 1 aromatic carbocycles. The van der Waals surface area contributed by atoms with Gasteiger partial charge in [-0.2, -0.15) is 0 Å². The van der Waals surface area contributed by atoms with E-state index in [0.717, 1.165) is 31.6 Å². The van der Waals surface area contributed by atoms with E-state index in [9.17, 15) is 4.79 Å². The van der Waals surface area contributed by atoms with Gasteiger partial charge in [-0.15, -0.1) is 0 Å². The molecule has 0 saturated carbocycles. The highest BCUT2D eigenvalue weighted by atomic mass is 35.5. The minimum Gasteiger partial charge on any atom is -0.495 e. The monoisotopic (exact) mass is 325 g/mol. The van der Waals surface area contributed by atoms with Gasteiger partial charge in [0.05, 0.1) is 24.7 Å². The van der Waals surface area contributed by atoms with Crippen molar-refractivity contribution in [2.75, 3.05) is 31.7 Å². The molecule has 0 N–H and O–H groups in total. The molecule has 1 aromatic rings. The van der Waals surface area contributed by atoms with Crippen molar-refractivity contribution in [1.82, 2.24) is 0 Å². The average molecular weight is 326 g/mol. The molecule has 1 saturated heterocycles. The SMILES string of the molecule is CCOC(=O)C(C)C1CCN(c2ccc(Cl)c(OC)c2)CC1. The van der Waals surface area contributed by atoms with Crippen molar-refractivity contribution in [3.8, 4) is 5.75 Å². The Balaban J connectivity index is 1.96. The van der Waals surface area contributed by atoms with E-state index in [4.69, 9.17) is 21.1 Å². The highest BCUT2D eigenvalue weighted by molar-refractivity contribution is 6.32. The lowest BCUT2D eigenvalue weighted by Crippen LogP contribution is -2.37. The molecule has 1 atom stereocenters. The van der Waals surface area contributed by atoms with Crippen molar-refractivity contribution in [3.05, 3.63) is 23.2 Å². The molecule has 0 radical (unpaired) electrons. The number of hydrogen-bond donors (Lipinski definition) is 0. The number of hydrogen-bond acceptors (Lipinski definition) is 4. The van der Waals surface area contributed by atoms with Crippen molar-refractivity contribution >= 4 is 23.3 Å². The summed E-state index contributed by atoms with van der Waals surface area (Å²) in [6, 6.07) is 5.85. The third-order valence-electron chi connectivity index (χ3n) is 4.40. The summed E-state index contributed by atoms with van der Waals surface area (Å²) in [6.07, 6.45) is 1.98. The lowest BCUT2D eigenvalue weighted by Gasteiger charge is -2.35. The molecule has 5 heteroatoms. The molecular weight excluding hydrogens is 302 g/mol. The summed E-state index contributed by atoms with van der Waals surface area (Å²) in [7, 11) is 1.62. The quantitative estimate of drug-likeness (QED) is 0.773. The lowest BCUT2D eigenvalue weighted by molar-refractivity contribution is -0.149. The Morgan fingerprint density at radius 2 is 2.09 bits per heavy atom. The summed E-state index contributed by atoms with van der Waals surface area (Å²) in [5.74, 6) is 0.988. The molecule has 0 bridgehead atoms. The van der Waals surface area contributed by atoms with Crippen molar-refractivity contribution in [2.45, 2.75) is 26.7 Å². The Morgan fingerprint density at radius 3 is 2.68 bits per heavy atom. The fourth-order valence-corrected chi connectivity index (χ4v) is 3.16. The molecule has 1 unspecified atom stereocenters. The number of esters is 1. The first-order valence-corrected chi connectivity index (χ1v) is 8.19. The predicted octanol–water partition coefficient (Wildman–Crippen LogP) is 3.76. The van der Waals surface area contributed by atoms with Crippen molar-refractivity contribution < 1.29 is 14.3 Å². The van der Waals surface area contributed by atoms with Crippen LogP contribution in [0.3, 0.4) is 0 Å². The van der Waals surface area contributed by atoms with Crippen LogP contribution >= 0.6 is 11.6 Å². The Hall–Kier alpha value is -1.42.